The van der Waals surface area contributed by atoms with Crippen molar-refractivity contribution in [1.82, 2.24) is 15.0 Å². The molecule has 0 bridgehead atoms. The number of anilines is 2. The highest BCUT2D eigenvalue weighted by atomic mass is 16.3. The lowest BCUT2D eigenvalue weighted by molar-refractivity contribution is 0.584. The van der Waals surface area contributed by atoms with Gasteiger partial charge in [0.05, 0.1) is 11.6 Å². The first kappa shape index (κ1) is 28.4. The van der Waals surface area contributed by atoms with E-state index in [0.29, 0.717) is 17.5 Å². The molecule has 0 saturated heterocycles. The lowest BCUT2D eigenvalue weighted by Crippen LogP contribution is -2.30. The fourth-order valence-electron chi connectivity index (χ4n) is 7.66. The van der Waals surface area contributed by atoms with Gasteiger partial charge in [-0.05, 0) is 53.1 Å². The maximum Gasteiger partial charge on any atom is 0.167 e. The average Bonchev–Trinajstić information content (AvgIpc) is 3.74. The predicted molar refractivity (Wildman–Crippen MR) is 201 cm³/mol. The number of para-hydroxylation sites is 3. The molecular formula is C45H30N4O. The normalized spacial score (nSPS) is 15.9. The molecule has 10 rings (SSSR count). The van der Waals surface area contributed by atoms with Crippen molar-refractivity contribution in [3.63, 3.8) is 0 Å². The van der Waals surface area contributed by atoms with E-state index in [9.17, 15) is 0 Å². The van der Waals surface area contributed by atoms with Gasteiger partial charge in [-0.1, -0.05) is 133 Å². The lowest BCUT2D eigenvalue weighted by atomic mass is 9.82. The topological polar surface area (TPSA) is 55.1 Å². The maximum absolute atomic E-state index is 6.80. The highest BCUT2D eigenvalue weighted by Gasteiger charge is 2.43. The van der Waals surface area contributed by atoms with E-state index in [1.165, 1.54) is 22.5 Å². The summed E-state index contributed by atoms with van der Waals surface area (Å²) in [6.07, 6.45) is 4.43. The molecule has 0 amide bonds. The molecule has 1 aliphatic heterocycles. The molecule has 2 unspecified atom stereocenters. The largest absolute Gasteiger partial charge is 0.456 e. The van der Waals surface area contributed by atoms with Crippen LogP contribution < -0.4 is 4.90 Å². The molecule has 0 N–H and O–H groups in total. The van der Waals surface area contributed by atoms with E-state index in [1.54, 1.807) is 0 Å². The fourth-order valence-corrected chi connectivity index (χ4v) is 7.66. The Kier molecular flexibility index (Phi) is 6.56. The van der Waals surface area contributed by atoms with Crippen molar-refractivity contribution < 1.29 is 4.42 Å². The minimum atomic E-state index is 0.109. The molecule has 50 heavy (non-hydrogen) atoms. The van der Waals surface area contributed by atoms with Gasteiger partial charge in [0.15, 0.2) is 17.5 Å². The number of hydrogen-bond acceptors (Lipinski definition) is 5. The Bertz CT molecular complexity index is 2560. The van der Waals surface area contributed by atoms with Gasteiger partial charge in [0.1, 0.15) is 11.3 Å². The van der Waals surface area contributed by atoms with Crippen molar-refractivity contribution in [1.29, 1.82) is 0 Å². The molecule has 2 aliphatic rings. The highest BCUT2D eigenvalue weighted by molar-refractivity contribution is 5.97. The zero-order valence-electron chi connectivity index (χ0n) is 27.0. The number of furan rings is 1. The van der Waals surface area contributed by atoms with Gasteiger partial charge >= 0.3 is 0 Å². The average molecular weight is 643 g/mol. The van der Waals surface area contributed by atoms with E-state index >= 15 is 0 Å². The highest BCUT2D eigenvalue weighted by Crippen LogP contribution is 2.54. The van der Waals surface area contributed by atoms with Gasteiger partial charge in [-0.25, -0.2) is 15.0 Å². The van der Waals surface area contributed by atoms with Gasteiger partial charge in [-0.15, -0.1) is 0 Å². The van der Waals surface area contributed by atoms with E-state index in [2.05, 4.69) is 138 Å². The Morgan fingerprint density at radius 2 is 1.14 bits per heavy atom. The summed E-state index contributed by atoms with van der Waals surface area (Å²) in [6, 6.07) is 54.7. The van der Waals surface area contributed by atoms with Crippen molar-refractivity contribution >= 4 is 28.4 Å². The third-order valence-corrected chi connectivity index (χ3v) is 9.88. The summed E-state index contributed by atoms with van der Waals surface area (Å²) >= 11 is 0. The quantitative estimate of drug-likeness (QED) is 0.187. The molecule has 8 aromatic rings. The molecule has 5 heteroatoms. The van der Waals surface area contributed by atoms with Crippen molar-refractivity contribution in [3.8, 4) is 45.3 Å². The van der Waals surface area contributed by atoms with Gasteiger partial charge in [-0.2, -0.15) is 0 Å². The van der Waals surface area contributed by atoms with Crippen LogP contribution in [-0.4, -0.2) is 21.0 Å². The maximum atomic E-state index is 6.80. The second kappa shape index (κ2) is 11.5. The Morgan fingerprint density at radius 1 is 0.520 bits per heavy atom. The van der Waals surface area contributed by atoms with E-state index < -0.39 is 0 Å². The summed E-state index contributed by atoms with van der Waals surface area (Å²) in [4.78, 5) is 17.7. The minimum absolute atomic E-state index is 0.109. The summed E-state index contributed by atoms with van der Waals surface area (Å²) in [5, 5.41) is 1.08. The number of nitrogens with zero attached hydrogens (tertiary/aromatic N) is 4. The SMILES string of the molecule is C1=CC2C(c3ccccc3N2c2ccccc2)c2c1oc1c(-c3nc(-c4ccccc4)nc(-c4cccc(-c5ccccc5)c4)n3)cccc21. The molecule has 0 radical (unpaired) electrons. The first-order chi connectivity index (χ1) is 24.8. The second-order valence-electron chi connectivity index (χ2n) is 12.8. The van der Waals surface area contributed by atoms with Crippen molar-refractivity contribution in [2.24, 2.45) is 0 Å². The molecule has 0 fully saturated rings. The fraction of sp³-hybridized carbons (Fsp3) is 0.0444. The Morgan fingerprint density at radius 3 is 1.94 bits per heavy atom. The first-order valence-electron chi connectivity index (χ1n) is 16.9. The van der Waals surface area contributed by atoms with Crippen LogP contribution in [-0.2, 0) is 0 Å². The van der Waals surface area contributed by atoms with Crippen molar-refractivity contribution in [2.75, 3.05) is 4.90 Å². The molecule has 0 saturated carbocycles. The molecule has 236 valence electrons. The zero-order valence-corrected chi connectivity index (χ0v) is 27.0. The number of fused-ring (bicyclic) bond motifs is 7. The standard InChI is InChI=1S/C45H30N4O/c1-4-14-29(15-5-1)31-18-12-19-32(28-31)44-46-43(30-16-6-2-7-17-30)47-45(48-44)36-24-13-23-35-41-39(50-42(35)36)27-26-38-40(41)34-22-10-11-25-37(34)49(38)33-20-8-3-9-21-33/h1-28,38,40H. The second-order valence-corrected chi connectivity index (χ2v) is 12.8. The lowest BCUT2D eigenvalue weighted by Gasteiger charge is -2.30. The number of hydrogen-bond donors (Lipinski definition) is 0. The third-order valence-electron chi connectivity index (χ3n) is 9.88. The molecule has 6 aromatic carbocycles. The van der Waals surface area contributed by atoms with Gasteiger partial charge in [-0.3, -0.25) is 0 Å². The summed E-state index contributed by atoms with van der Waals surface area (Å²) in [5.74, 6) is 2.80. The summed E-state index contributed by atoms with van der Waals surface area (Å²) < 4.78 is 6.80. The molecule has 2 atom stereocenters. The number of benzene rings is 6. The molecular weight excluding hydrogens is 613 g/mol. The van der Waals surface area contributed by atoms with Crippen LogP contribution in [0, 0.1) is 0 Å². The van der Waals surface area contributed by atoms with Gasteiger partial charge in [0, 0.05) is 39.4 Å². The minimum Gasteiger partial charge on any atom is -0.456 e. The summed E-state index contributed by atoms with van der Waals surface area (Å²) in [6.45, 7) is 0. The summed E-state index contributed by atoms with van der Waals surface area (Å²) in [5.41, 5.74) is 10.6. The van der Waals surface area contributed by atoms with Crippen molar-refractivity contribution in [2.45, 2.75) is 12.0 Å². The van der Waals surface area contributed by atoms with Crippen LogP contribution in [0.3, 0.4) is 0 Å². The van der Waals surface area contributed by atoms with E-state index in [1.807, 2.05) is 36.4 Å². The van der Waals surface area contributed by atoms with Crippen LogP contribution in [0.1, 0.15) is 22.8 Å². The van der Waals surface area contributed by atoms with Crippen LogP contribution in [0.5, 0.6) is 0 Å². The monoisotopic (exact) mass is 642 g/mol. The Balaban J connectivity index is 1.14. The zero-order chi connectivity index (χ0) is 33.0. The Labute approximate surface area is 289 Å². The van der Waals surface area contributed by atoms with Gasteiger partial charge in [0.2, 0.25) is 0 Å². The van der Waals surface area contributed by atoms with Gasteiger partial charge < -0.3 is 9.32 Å². The van der Waals surface area contributed by atoms with E-state index in [4.69, 9.17) is 19.4 Å². The first-order valence-corrected chi connectivity index (χ1v) is 16.9. The summed E-state index contributed by atoms with van der Waals surface area (Å²) in [7, 11) is 0. The number of rotatable bonds is 5. The van der Waals surface area contributed by atoms with Crippen molar-refractivity contribution in [3.05, 3.63) is 181 Å². The van der Waals surface area contributed by atoms with Crippen LogP contribution in [0.2, 0.25) is 0 Å². The third kappa shape index (κ3) is 4.59. The smallest absolute Gasteiger partial charge is 0.167 e. The number of aromatic nitrogens is 3. The molecule has 0 spiro atoms. The molecule has 3 heterocycles. The molecule has 2 aromatic heterocycles. The molecule has 1 aliphatic carbocycles. The van der Waals surface area contributed by atoms with E-state index in [0.717, 1.165) is 44.5 Å². The van der Waals surface area contributed by atoms with E-state index in [-0.39, 0.29) is 12.0 Å². The predicted octanol–water partition coefficient (Wildman–Crippen LogP) is 11.0. The van der Waals surface area contributed by atoms with Crippen LogP contribution in [0.4, 0.5) is 11.4 Å². The Hall–Kier alpha value is -6.59. The van der Waals surface area contributed by atoms with Crippen LogP contribution in [0.15, 0.2) is 168 Å². The van der Waals surface area contributed by atoms with Gasteiger partial charge in [0.25, 0.3) is 0 Å². The molecule has 5 nitrogen and oxygen atoms in total. The van der Waals surface area contributed by atoms with Crippen LogP contribution in [0.25, 0.3) is 62.3 Å². The van der Waals surface area contributed by atoms with Crippen LogP contribution >= 0.6 is 0 Å².